The van der Waals surface area contributed by atoms with Gasteiger partial charge >= 0.3 is 0 Å². The van der Waals surface area contributed by atoms with Crippen molar-refractivity contribution in [1.29, 1.82) is 0 Å². The van der Waals surface area contributed by atoms with Gasteiger partial charge in [0, 0.05) is 5.56 Å². The van der Waals surface area contributed by atoms with Crippen LogP contribution in [0, 0.1) is 17.6 Å². The van der Waals surface area contributed by atoms with Gasteiger partial charge in [0.1, 0.15) is 11.6 Å². The van der Waals surface area contributed by atoms with Gasteiger partial charge in [0.05, 0.1) is 13.1 Å². The molecule has 0 aliphatic heterocycles. The van der Waals surface area contributed by atoms with E-state index in [1.54, 1.807) is 0 Å². The number of hydrogen-bond acceptors (Lipinski definition) is 4. The summed E-state index contributed by atoms with van der Waals surface area (Å²) < 4.78 is 28.2. The lowest BCUT2D eigenvalue weighted by Gasteiger charge is -2.08. The number of hydrogen-bond donors (Lipinski definition) is 1. The van der Waals surface area contributed by atoms with Crippen molar-refractivity contribution in [2.45, 2.75) is 26.9 Å². The number of tetrazole rings is 1. The standard InChI is InChI=1S/C13H17F2N5/c1-9(2)6-16-7-13-17-18-19-20(13)8-10-5-11(14)3-4-12(10)15/h3-5,9,16H,6-8H2,1-2H3. The quantitative estimate of drug-likeness (QED) is 0.876. The highest BCUT2D eigenvalue weighted by Crippen LogP contribution is 2.11. The number of nitrogens with zero attached hydrogens (tertiary/aromatic N) is 4. The van der Waals surface area contributed by atoms with E-state index >= 15 is 0 Å². The molecule has 108 valence electrons. The molecule has 7 heteroatoms. The molecule has 0 saturated heterocycles. The summed E-state index contributed by atoms with van der Waals surface area (Å²) in [6, 6.07) is 3.34. The lowest BCUT2D eigenvalue weighted by molar-refractivity contribution is 0.514. The molecule has 2 aromatic rings. The van der Waals surface area contributed by atoms with E-state index in [2.05, 4.69) is 34.7 Å². The van der Waals surface area contributed by atoms with Crippen molar-refractivity contribution in [3.05, 3.63) is 41.2 Å². The van der Waals surface area contributed by atoms with Crippen molar-refractivity contribution in [1.82, 2.24) is 25.5 Å². The van der Waals surface area contributed by atoms with Gasteiger partial charge < -0.3 is 5.32 Å². The monoisotopic (exact) mass is 281 g/mol. The zero-order valence-corrected chi connectivity index (χ0v) is 11.5. The predicted octanol–water partition coefficient (Wildman–Crippen LogP) is 1.75. The van der Waals surface area contributed by atoms with Crippen LogP contribution in [-0.4, -0.2) is 26.8 Å². The Labute approximate surface area is 116 Å². The second-order valence-corrected chi connectivity index (χ2v) is 5.01. The van der Waals surface area contributed by atoms with E-state index in [-0.39, 0.29) is 12.1 Å². The Morgan fingerprint density at radius 2 is 2.10 bits per heavy atom. The second-order valence-electron chi connectivity index (χ2n) is 5.01. The Kier molecular flexibility index (Phi) is 4.73. The maximum Gasteiger partial charge on any atom is 0.165 e. The van der Waals surface area contributed by atoms with Crippen molar-refractivity contribution in [3.8, 4) is 0 Å². The summed E-state index contributed by atoms with van der Waals surface area (Å²) in [6.07, 6.45) is 0. The van der Waals surface area contributed by atoms with E-state index in [4.69, 9.17) is 0 Å². The Bertz CT molecular complexity index is 568. The van der Waals surface area contributed by atoms with Gasteiger partial charge in [-0.3, -0.25) is 0 Å². The summed E-state index contributed by atoms with van der Waals surface area (Å²) in [7, 11) is 0. The molecule has 0 unspecified atom stereocenters. The number of benzene rings is 1. The Balaban J connectivity index is 2.06. The van der Waals surface area contributed by atoms with Crippen LogP contribution in [0.3, 0.4) is 0 Å². The third-order valence-corrected chi connectivity index (χ3v) is 2.77. The number of nitrogens with one attached hydrogen (secondary N) is 1. The maximum atomic E-state index is 13.6. The van der Waals surface area contributed by atoms with E-state index < -0.39 is 11.6 Å². The molecule has 0 fully saturated rings. The van der Waals surface area contributed by atoms with E-state index in [0.29, 0.717) is 18.3 Å². The number of aromatic nitrogens is 4. The van der Waals surface area contributed by atoms with Crippen molar-refractivity contribution < 1.29 is 8.78 Å². The zero-order chi connectivity index (χ0) is 14.5. The molecule has 20 heavy (non-hydrogen) atoms. The van der Waals surface area contributed by atoms with Gasteiger partial charge in [0.15, 0.2) is 5.82 Å². The fourth-order valence-electron chi connectivity index (χ4n) is 1.77. The molecular formula is C13H17F2N5. The van der Waals surface area contributed by atoms with Gasteiger partial charge in [-0.2, -0.15) is 0 Å². The molecule has 5 nitrogen and oxygen atoms in total. The van der Waals surface area contributed by atoms with Crippen LogP contribution in [-0.2, 0) is 13.1 Å². The summed E-state index contributed by atoms with van der Waals surface area (Å²) in [5.74, 6) is 0.159. The Morgan fingerprint density at radius 3 is 2.85 bits per heavy atom. The minimum absolute atomic E-state index is 0.106. The molecule has 1 aromatic carbocycles. The van der Waals surface area contributed by atoms with Crippen LogP contribution < -0.4 is 5.32 Å². The highest BCUT2D eigenvalue weighted by atomic mass is 19.1. The van der Waals surface area contributed by atoms with Crippen LogP contribution in [0.1, 0.15) is 25.2 Å². The molecule has 0 bridgehead atoms. The van der Waals surface area contributed by atoms with Crippen LogP contribution in [0.4, 0.5) is 8.78 Å². The van der Waals surface area contributed by atoms with Gasteiger partial charge in [-0.15, -0.1) is 5.10 Å². The zero-order valence-electron chi connectivity index (χ0n) is 11.5. The SMILES string of the molecule is CC(C)CNCc1nnnn1Cc1cc(F)ccc1F. The highest BCUT2D eigenvalue weighted by Gasteiger charge is 2.10. The molecule has 0 amide bonds. The summed E-state index contributed by atoms with van der Waals surface area (Å²) >= 11 is 0. The molecular weight excluding hydrogens is 264 g/mol. The molecule has 0 saturated carbocycles. The normalized spacial score (nSPS) is 11.2. The Morgan fingerprint density at radius 1 is 1.30 bits per heavy atom. The van der Waals surface area contributed by atoms with Crippen molar-refractivity contribution in [3.63, 3.8) is 0 Å². The van der Waals surface area contributed by atoms with Crippen LogP contribution in [0.5, 0.6) is 0 Å². The third-order valence-electron chi connectivity index (χ3n) is 2.77. The van der Waals surface area contributed by atoms with E-state index in [0.717, 1.165) is 24.7 Å². The van der Waals surface area contributed by atoms with Crippen LogP contribution >= 0.6 is 0 Å². The van der Waals surface area contributed by atoms with Crippen LogP contribution in [0.25, 0.3) is 0 Å². The molecule has 0 atom stereocenters. The minimum Gasteiger partial charge on any atom is -0.310 e. The maximum absolute atomic E-state index is 13.6. The first kappa shape index (κ1) is 14.5. The molecule has 0 aliphatic rings. The largest absolute Gasteiger partial charge is 0.310 e. The highest BCUT2D eigenvalue weighted by molar-refractivity contribution is 5.19. The minimum atomic E-state index is -0.478. The predicted molar refractivity (Wildman–Crippen MR) is 69.8 cm³/mol. The lowest BCUT2D eigenvalue weighted by Crippen LogP contribution is -2.22. The average molecular weight is 281 g/mol. The van der Waals surface area contributed by atoms with E-state index in [1.165, 1.54) is 4.68 Å². The van der Waals surface area contributed by atoms with Gasteiger partial charge in [-0.1, -0.05) is 13.8 Å². The first-order valence-corrected chi connectivity index (χ1v) is 6.46. The summed E-state index contributed by atoms with van der Waals surface area (Å²) in [5, 5.41) is 14.5. The smallest absolute Gasteiger partial charge is 0.165 e. The van der Waals surface area contributed by atoms with E-state index in [9.17, 15) is 8.78 Å². The fourth-order valence-corrected chi connectivity index (χ4v) is 1.77. The van der Waals surface area contributed by atoms with Crippen molar-refractivity contribution in [2.75, 3.05) is 6.54 Å². The van der Waals surface area contributed by atoms with Crippen LogP contribution in [0.2, 0.25) is 0 Å². The van der Waals surface area contributed by atoms with Crippen molar-refractivity contribution in [2.24, 2.45) is 5.92 Å². The molecule has 1 heterocycles. The molecule has 0 spiro atoms. The molecule has 0 aliphatic carbocycles. The molecule has 2 rings (SSSR count). The molecule has 0 radical (unpaired) electrons. The van der Waals surface area contributed by atoms with Gasteiger partial charge in [0.25, 0.3) is 0 Å². The number of halogens is 2. The Hall–Kier alpha value is -1.89. The molecule has 1 N–H and O–H groups in total. The lowest BCUT2D eigenvalue weighted by atomic mass is 10.2. The topological polar surface area (TPSA) is 55.6 Å². The summed E-state index contributed by atoms with van der Waals surface area (Å²) in [5.41, 5.74) is 0.224. The first-order valence-electron chi connectivity index (χ1n) is 6.46. The fraction of sp³-hybridized carbons (Fsp3) is 0.462. The van der Waals surface area contributed by atoms with E-state index in [1.807, 2.05) is 0 Å². The van der Waals surface area contributed by atoms with Crippen molar-refractivity contribution >= 4 is 0 Å². The summed E-state index contributed by atoms with van der Waals surface area (Å²) in [6.45, 7) is 5.62. The summed E-state index contributed by atoms with van der Waals surface area (Å²) in [4.78, 5) is 0. The van der Waals surface area contributed by atoms with Gasteiger partial charge in [0.2, 0.25) is 0 Å². The van der Waals surface area contributed by atoms with Gasteiger partial charge in [-0.25, -0.2) is 13.5 Å². The van der Waals surface area contributed by atoms with Gasteiger partial charge in [-0.05, 0) is 41.1 Å². The first-order chi connectivity index (χ1) is 9.56. The average Bonchev–Trinajstić information content (AvgIpc) is 2.81. The second kappa shape index (κ2) is 6.51. The number of rotatable bonds is 6. The third kappa shape index (κ3) is 3.80. The van der Waals surface area contributed by atoms with Crippen LogP contribution in [0.15, 0.2) is 18.2 Å². The molecule has 1 aromatic heterocycles.